The van der Waals surface area contributed by atoms with Crippen LogP contribution in [-0.4, -0.2) is 26.5 Å². The number of hydrogen-bond donors (Lipinski definition) is 1. The highest BCUT2D eigenvalue weighted by Gasteiger charge is 2.03. The minimum absolute atomic E-state index is 0.575. The molecule has 2 rings (SSSR count). The summed E-state index contributed by atoms with van der Waals surface area (Å²) in [5.74, 6) is 0. The molecule has 2 heterocycles. The van der Waals surface area contributed by atoms with E-state index in [2.05, 4.69) is 15.3 Å². The van der Waals surface area contributed by atoms with Crippen molar-refractivity contribution in [3.63, 3.8) is 0 Å². The Bertz CT molecular complexity index is 366. The number of hydrogen-bond acceptors (Lipinski definition) is 5. The van der Waals surface area contributed by atoms with Gasteiger partial charge in [-0.25, -0.2) is 0 Å². The largest absolute Gasteiger partial charge is 0.329 e. The number of nitrogens with zero attached hydrogens (tertiary/aromatic N) is 4. The van der Waals surface area contributed by atoms with Gasteiger partial charge < -0.3 is 5.73 Å². The Hall–Kier alpha value is -1.27. The second-order valence-corrected chi connectivity index (χ2v) is 3.41. The summed E-state index contributed by atoms with van der Waals surface area (Å²) in [6, 6.07) is 0. The molecule has 2 aromatic heterocycles. The minimum atomic E-state index is 0.575. The Kier molecular flexibility index (Phi) is 2.33. The lowest BCUT2D eigenvalue weighted by Crippen LogP contribution is -2.10. The van der Waals surface area contributed by atoms with Crippen LogP contribution in [0.1, 0.15) is 0 Å². The Balaban J connectivity index is 2.23. The molecular weight excluding hydrogens is 186 g/mol. The van der Waals surface area contributed by atoms with Crippen molar-refractivity contribution in [2.45, 2.75) is 6.54 Å². The average molecular weight is 195 g/mol. The third-order valence-electron chi connectivity index (χ3n) is 1.58. The van der Waals surface area contributed by atoms with Gasteiger partial charge in [0.25, 0.3) is 0 Å². The first-order valence-corrected chi connectivity index (χ1v) is 4.77. The highest BCUT2D eigenvalue weighted by Crippen LogP contribution is 2.19. The molecule has 0 fully saturated rings. The molecule has 13 heavy (non-hydrogen) atoms. The van der Waals surface area contributed by atoms with E-state index < -0.39 is 0 Å². The number of rotatable bonds is 3. The number of thiazole rings is 1. The summed E-state index contributed by atoms with van der Waals surface area (Å²) < 4.78 is 1.73. The van der Waals surface area contributed by atoms with Gasteiger partial charge in [-0.2, -0.15) is 0 Å². The summed E-state index contributed by atoms with van der Waals surface area (Å²) in [7, 11) is 0. The summed E-state index contributed by atoms with van der Waals surface area (Å²) in [5.41, 5.74) is 8.02. The third-order valence-corrected chi connectivity index (χ3v) is 2.38. The number of aromatic nitrogens is 4. The zero-order valence-corrected chi connectivity index (χ0v) is 7.74. The van der Waals surface area contributed by atoms with Gasteiger partial charge >= 0.3 is 0 Å². The molecule has 0 spiro atoms. The van der Waals surface area contributed by atoms with Crippen LogP contribution < -0.4 is 5.73 Å². The van der Waals surface area contributed by atoms with Crippen LogP contribution in [0.15, 0.2) is 17.9 Å². The minimum Gasteiger partial charge on any atom is -0.329 e. The van der Waals surface area contributed by atoms with Gasteiger partial charge in [-0.1, -0.05) is 5.21 Å². The maximum atomic E-state index is 5.39. The predicted octanol–water partition coefficient (Wildman–Crippen LogP) is 0.360. The monoisotopic (exact) mass is 195 g/mol. The van der Waals surface area contributed by atoms with E-state index in [0.29, 0.717) is 13.1 Å². The summed E-state index contributed by atoms with van der Waals surface area (Å²) in [4.78, 5) is 5.00. The molecule has 0 bridgehead atoms. The maximum Gasteiger partial charge on any atom is 0.124 e. The van der Waals surface area contributed by atoms with Crippen LogP contribution >= 0.6 is 11.3 Å². The van der Waals surface area contributed by atoms with Gasteiger partial charge in [0.1, 0.15) is 5.69 Å². The average Bonchev–Trinajstić information content (AvgIpc) is 2.70. The van der Waals surface area contributed by atoms with Crippen molar-refractivity contribution in [1.82, 2.24) is 20.0 Å². The lowest BCUT2D eigenvalue weighted by molar-refractivity contribution is 0.598. The normalized spacial score (nSPS) is 10.5. The van der Waals surface area contributed by atoms with Crippen LogP contribution in [-0.2, 0) is 6.54 Å². The molecule has 0 aromatic carbocycles. The summed E-state index contributed by atoms with van der Waals surface area (Å²) in [6.45, 7) is 1.28. The fraction of sp³-hybridized carbons (Fsp3) is 0.286. The van der Waals surface area contributed by atoms with Gasteiger partial charge in [0.15, 0.2) is 0 Å². The smallest absolute Gasteiger partial charge is 0.124 e. The molecule has 68 valence electrons. The molecule has 2 aromatic rings. The van der Waals surface area contributed by atoms with E-state index in [0.717, 1.165) is 10.6 Å². The fourth-order valence-electron chi connectivity index (χ4n) is 0.995. The van der Waals surface area contributed by atoms with Crippen molar-refractivity contribution >= 4 is 11.3 Å². The Morgan fingerprint density at radius 2 is 2.46 bits per heavy atom. The summed E-state index contributed by atoms with van der Waals surface area (Å²) >= 11 is 1.55. The molecular formula is C7H9N5S. The Morgan fingerprint density at radius 3 is 3.15 bits per heavy atom. The standard InChI is InChI=1S/C7H9N5S/c8-1-2-12-4-6(10-11-12)7-3-9-5-13-7/h3-5H,1-2,8H2. The highest BCUT2D eigenvalue weighted by atomic mass is 32.1. The zero-order chi connectivity index (χ0) is 9.10. The first-order chi connectivity index (χ1) is 6.40. The molecule has 0 unspecified atom stereocenters. The molecule has 0 aliphatic rings. The lowest BCUT2D eigenvalue weighted by atomic mass is 10.4. The Morgan fingerprint density at radius 1 is 1.54 bits per heavy atom. The van der Waals surface area contributed by atoms with Crippen LogP contribution in [0.5, 0.6) is 0 Å². The molecule has 0 saturated carbocycles. The quantitative estimate of drug-likeness (QED) is 0.767. The molecule has 2 N–H and O–H groups in total. The van der Waals surface area contributed by atoms with Crippen LogP contribution in [0.2, 0.25) is 0 Å². The van der Waals surface area contributed by atoms with Crippen LogP contribution in [0.4, 0.5) is 0 Å². The number of nitrogens with two attached hydrogens (primary N) is 1. The van der Waals surface area contributed by atoms with E-state index in [-0.39, 0.29) is 0 Å². The van der Waals surface area contributed by atoms with Crippen molar-refractivity contribution in [2.75, 3.05) is 6.54 Å². The van der Waals surface area contributed by atoms with Crippen molar-refractivity contribution < 1.29 is 0 Å². The van der Waals surface area contributed by atoms with Gasteiger partial charge in [0.2, 0.25) is 0 Å². The molecule has 0 atom stereocenters. The predicted molar refractivity (Wildman–Crippen MR) is 50.2 cm³/mol. The highest BCUT2D eigenvalue weighted by molar-refractivity contribution is 7.13. The van der Waals surface area contributed by atoms with E-state index in [4.69, 9.17) is 5.73 Å². The van der Waals surface area contributed by atoms with Gasteiger partial charge in [0, 0.05) is 12.7 Å². The molecule has 5 nitrogen and oxygen atoms in total. The molecule has 6 heteroatoms. The Labute approximate surface area is 79.2 Å². The summed E-state index contributed by atoms with van der Waals surface area (Å²) in [6.07, 6.45) is 3.65. The summed E-state index contributed by atoms with van der Waals surface area (Å²) in [5, 5.41) is 7.93. The first kappa shape index (κ1) is 8.33. The second kappa shape index (κ2) is 3.63. The molecule has 0 aliphatic heterocycles. The van der Waals surface area contributed by atoms with E-state index in [1.54, 1.807) is 27.7 Å². The SMILES string of the molecule is NCCn1cc(-c2cncs2)nn1. The first-order valence-electron chi connectivity index (χ1n) is 3.89. The van der Waals surface area contributed by atoms with E-state index >= 15 is 0 Å². The van der Waals surface area contributed by atoms with Gasteiger partial charge in [-0.3, -0.25) is 9.67 Å². The molecule has 0 radical (unpaired) electrons. The van der Waals surface area contributed by atoms with E-state index in [1.807, 2.05) is 6.20 Å². The van der Waals surface area contributed by atoms with Gasteiger partial charge in [-0.05, 0) is 0 Å². The molecule has 0 aliphatic carbocycles. The molecule has 0 saturated heterocycles. The van der Waals surface area contributed by atoms with Crippen LogP contribution in [0.3, 0.4) is 0 Å². The van der Waals surface area contributed by atoms with Crippen molar-refractivity contribution in [3.8, 4) is 10.6 Å². The van der Waals surface area contributed by atoms with Gasteiger partial charge in [-0.15, -0.1) is 16.4 Å². The zero-order valence-electron chi connectivity index (χ0n) is 6.92. The second-order valence-electron chi connectivity index (χ2n) is 2.52. The lowest BCUT2D eigenvalue weighted by Gasteiger charge is -1.92. The topological polar surface area (TPSA) is 69.6 Å². The van der Waals surface area contributed by atoms with Crippen LogP contribution in [0.25, 0.3) is 10.6 Å². The molecule has 0 amide bonds. The third kappa shape index (κ3) is 1.73. The maximum absolute atomic E-state index is 5.39. The fourth-order valence-corrected chi connectivity index (χ4v) is 1.57. The van der Waals surface area contributed by atoms with E-state index in [9.17, 15) is 0 Å². The van der Waals surface area contributed by atoms with Gasteiger partial charge in [0.05, 0.1) is 23.1 Å². The van der Waals surface area contributed by atoms with Crippen molar-refractivity contribution in [3.05, 3.63) is 17.9 Å². The van der Waals surface area contributed by atoms with E-state index in [1.165, 1.54) is 0 Å². The van der Waals surface area contributed by atoms with Crippen molar-refractivity contribution in [2.24, 2.45) is 5.73 Å². The van der Waals surface area contributed by atoms with Crippen molar-refractivity contribution in [1.29, 1.82) is 0 Å². The van der Waals surface area contributed by atoms with Crippen LogP contribution in [0, 0.1) is 0 Å².